The van der Waals surface area contributed by atoms with Crippen molar-refractivity contribution in [1.29, 1.82) is 0 Å². The second-order valence-electron chi connectivity index (χ2n) is 2.97. The second-order valence-corrected chi connectivity index (χ2v) is 3.86. The number of carbonyl (C=O) groups excluding carboxylic acids is 1. The zero-order valence-corrected chi connectivity index (χ0v) is 8.02. The maximum Gasteiger partial charge on any atom is 0.180 e. The van der Waals surface area contributed by atoms with Crippen LogP contribution in [0.2, 0.25) is 0 Å². The van der Waals surface area contributed by atoms with Crippen molar-refractivity contribution in [2.45, 2.75) is 20.3 Å². The lowest BCUT2D eigenvalue weighted by Crippen LogP contribution is -2.10. The van der Waals surface area contributed by atoms with Crippen LogP contribution in [0.25, 0.3) is 0 Å². The smallest absolute Gasteiger partial charge is 0.180 e. The Morgan fingerprint density at radius 2 is 2.42 bits per heavy atom. The average Bonchev–Trinajstić information content (AvgIpc) is 2.35. The molecule has 1 aromatic heterocycles. The average molecular weight is 184 g/mol. The van der Waals surface area contributed by atoms with Crippen LogP contribution in [0.4, 0.5) is 5.13 Å². The van der Waals surface area contributed by atoms with Crippen LogP contribution in [0, 0.1) is 5.92 Å². The number of nitrogen functional groups attached to an aromatic ring is 1. The van der Waals surface area contributed by atoms with Gasteiger partial charge in [-0.25, -0.2) is 4.98 Å². The van der Waals surface area contributed by atoms with Crippen LogP contribution in [0.5, 0.6) is 0 Å². The minimum Gasteiger partial charge on any atom is -0.375 e. The van der Waals surface area contributed by atoms with Crippen LogP contribution in [-0.4, -0.2) is 10.8 Å². The maximum atomic E-state index is 11.2. The molecule has 4 heteroatoms. The second kappa shape index (κ2) is 3.67. The van der Waals surface area contributed by atoms with Crippen molar-refractivity contribution in [3.8, 4) is 0 Å². The number of nitrogens with zero attached hydrogens (tertiary/aromatic N) is 1. The first-order valence-corrected chi connectivity index (χ1v) is 4.70. The van der Waals surface area contributed by atoms with Crippen LogP contribution in [0.3, 0.4) is 0 Å². The van der Waals surface area contributed by atoms with Gasteiger partial charge >= 0.3 is 0 Å². The molecule has 12 heavy (non-hydrogen) atoms. The molecule has 1 aromatic rings. The fraction of sp³-hybridized carbons (Fsp3) is 0.500. The number of thiazole rings is 1. The Kier molecular flexibility index (Phi) is 2.81. The third-order valence-corrected chi connectivity index (χ3v) is 2.29. The molecule has 0 bridgehead atoms. The van der Waals surface area contributed by atoms with Gasteiger partial charge in [-0.15, -0.1) is 11.3 Å². The first kappa shape index (κ1) is 9.19. The monoisotopic (exact) mass is 184 g/mol. The van der Waals surface area contributed by atoms with Gasteiger partial charge < -0.3 is 5.73 Å². The highest BCUT2D eigenvalue weighted by atomic mass is 32.1. The summed E-state index contributed by atoms with van der Waals surface area (Å²) >= 11 is 1.37. The minimum atomic E-state index is 0.0768. The Morgan fingerprint density at radius 3 is 2.83 bits per heavy atom. The van der Waals surface area contributed by atoms with Gasteiger partial charge in [0.25, 0.3) is 0 Å². The molecule has 1 rings (SSSR count). The van der Waals surface area contributed by atoms with E-state index in [9.17, 15) is 4.79 Å². The Hall–Kier alpha value is -0.900. The molecule has 0 aliphatic carbocycles. The van der Waals surface area contributed by atoms with Gasteiger partial charge in [-0.2, -0.15) is 0 Å². The van der Waals surface area contributed by atoms with Crippen molar-refractivity contribution >= 4 is 22.3 Å². The molecule has 0 amide bonds. The standard InChI is InChI=1S/C8H12N2OS/c1-5(2)7(11)3-6-4-12-8(9)10-6/h4-5H,3H2,1-2H3,(H2,9,10). The molecule has 2 N–H and O–H groups in total. The van der Waals surface area contributed by atoms with E-state index in [4.69, 9.17) is 5.73 Å². The molecule has 0 aliphatic heterocycles. The number of hydrogen-bond donors (Lipinski definition) is 1. The van der Waals surface area contributed by atoms with E-state index in [1.807, 2.05) is 19.2 Å². The van der Waals surface area contributed by atoms with E-state index in [1.54, 1.807) is 0 Å². The Labute approximate surface area is 75.6 Å². The predicted molar refractivity (Wildman–Crippen MR) is 50.1 cm³/mol. The van der Waals surface area contributed by atoms with E-state index in [0.29, 0.717) is 11.6 Å². The van der Waals surface area contributed by atoms with Crippen LogP contribution in [0.1, 0.15) is 19.5 Å². The normalized spacial score (nSPS) is 10.6. The van der Waals surface area contributed by atoms with Crippen molar-refractivity contribution in [1.82, 2.24) is 4.98 Å². The molecule has 3 nitrogen and oxygen atoms in total. The summed E-state index contributed by atoms with van der Waals surface area (Å²) < 4.78 is 0. The van der Waals surface area contributed by atoms with Gasteiger partial charge in [-0.05, 0) is 0 Å². The molecule has 0 spiro atoms. The molecule has 66 valence electrons. The van der Waals surface area contributed by atoms with Crippen LogP contribution < -0.4 is 5.73 Å². The van der Waals surface area contributed by atoms with E-state index in [2.05, 4.69) is 4.98 Å². The number of rotatable bonds is 3. The molecular formula is C8H12N2OS. The lowest BCUT2D eigenvalue weighted by Gasteiger charge is -1.99. The summed E-state index contributed by atoms with van der Waals surface area (Å²) in [5, 5.41) is 2.36. The zero-order chi connectivity index (χ0) is 9.14. The van der Waals surface area contributed by atoms with Crippen molar-refractivity contribution in [2.24, 2.45) is 5.92 Å². The first-order chi connectivity index (χ1) is 5.59. The highest BCUT2D eigenvalue weighted by molar-refractivity contribution is 7.13. The molecular weight excluding hydrogens is 172 g/mol. The van der Waals surface area contributed by atoms with Crippen LogP contribution in [0.15, 0.2) is 5.38 Å². The number of Topliss-reactive ketones (excluding diaryl/α,β-unsaturated/α-hetero) is 1. The van der Waals surface area contributed by atoms with Gasteiger partial charge in [0.05, 0.1) is 5.69 Å². The topological polar surface area (TPSA) is 56.0 Å². The van der Waals surface area contributed by atoms with E-state index in [1.165, 1.54) is 11.3 Å². The molecule has 0 aromatic carbocycles. The lowest BCUT2D eigenvalue weighted by molar-refractivity contribution is -0.121. The molecule has 1 heterocycles. The number of nitrogens with two attached hydrogens (primary N) is 1. The van der Waals surface area contributed by atoms with E-state index in [-0.39, 0.29) is 11.7 Å². The fourth-order valence-corrected chi connectivity index (χ4v) is 1.35. The third kappa shape index (κ3) is 2.30. The maximum absolute atomic E-state index is 11.2. The van der Waals surface area contributed by atoms with Crippen LogP contribution >= 0.6 is 11.3 Å². The minimum absolute atomic E-state index is 0.0768. The molecule has 0 aliphatic rings. The van der Waals surface area contributed by atoms with Crippen molar-refractivity contribution in [3.05, 3.63) is 11.1 Å². The zero-order valence-electron chi connectivity index (χ0n) is 7.20. The molecule has 0 atom stereocenters. The highest BCUT2D eigenvalue weighted by Gasteiger charge is 2.09. The molecule has 0 saturated carbocycles. The van der Waals surface area contributed by atoms with Gasteiger partial charge in [0, 0.05) is 17.7 Å². The third-order valence-electron chi connectivity index (χ3n) is 1.57. The number of anilines is 1. The van der Waals surface area contributed by atoms with E-state index < -0.39 is 0 Å². The number of ketones is 1. The SMILES string of the molecule is CC(C)C(=O)Cc1csc(N)n1. The first-order valence-electron chi connectivity index (χ1n) is 3.82. The fourth-order valence-electron chi connectivity index (χ4n) is 0.786. The molecule has 0 saturated heterocycles. The quantitative estimate of drug-likeness (QED) is 0.774. The molecule has 0 fully saturated rings. The number of aromatic nitrogens is 1. The van der Waals surface area contributed by atoms with Gasteiger partial charge in [0.15, 0.2) is 5.13 Å². The summed E-state index contributed by atoms with van der Waals surface area (Å²) in [6.45, 7) is 3.77. The predicted octanol–water partition coefficient (Wildman–Crippen LogP) is 1.49. The Bertz CT molecular complexity index is 280. The van der Waals surface area contributed by atoms with Gasteiger partial charge in [0.2, 0.25) is 0 Å². The van der Waals surface area contributed by atoms with Gasteiger partial charge in [0.1, 0.15) is 5.78 Å². The highest BCUT2D eigenvalue weighted by Crippen LogP contribution is 2.12. The Morgan fingerprint density at radius 1 is 1.75 bits per heavy atom. The van der Waals surface area contributed by atoms with Crippen molar-refractivity contribution < 1.29 is 4.79 Å². The summed E-state index contributed by atoms with van der Waals surface area (Å²) in [4.78, 5) is 15.3. The van der Waals surface area contributed by atoms with Gasteiger partial charge in [-0.1, -0.05) is 13.8 Å². The molecule has 0 unspecified atom stereocenters. The summed E-state index contributed by atoms with van der Waals surface area (Å²) in [6, 6.07) is 0. The summed E-state index contributed by atoms with van der Waals surface area (Å²) in [7, 11) is 0. The summed E-state index contributed by atoms with van der Waals surface area (Å²) in [5.41, 5.74) is 6.21. The van der Waals surface area contributed by atoms with Crippen molar-refractivity contribution in [3.63, 3.8) is 0 Å². The van der Waals surface area contributed by atoms with Gasteiger partial charge in [-0.3, -0.25) is 4.79 Å². The summed E-state index contributed by atoms with van der Waals surface area (Å²) in [6.07, 6.45) is 0.408. The Balaban J connectivity index is 2.58. The van der Waals surface area contributed by atoms with Crippen molar-refractivity contribution in [2.75, 3.05) is 5.73 Å². The van der Waals surface area contributed by atoms with Crippen LogP contribution in [-0.2, 0) is 11.2 Å². The van der Waals surface area contributed by atoms with E-state index in [0.717, 1.165) is 5.69 Å². The number of hydrogen-bond acceptors (Lipinski definition) is 4. The number of carbonyl (C=O) groups is 1. The summed E-state index contributed by atoms with van der Waals surface area (Å²) in [5.74, 6) is 0.285. The lowest BCUT2D eigenvalue weighted by atomic mass is 10.1. The molecule has 0 radical (unpaired) electrons. The largest absolute Gasteiger partial charge is 0.375 e. The van der Waals surface area contributed by atoms with E-state index >= 15 is 0 Å².